The van der Waals surface area contributed by atoms with Crippen LogP contribution in [0.5, 0.6) is 5.88 Å². The average molecular weight is 393 g/mol. The first-order valence-electron chi connectivity index (χ1n) is 8.76. The van der Waals surface area contributed by atoms with Crippen molar-refractivity contribution in [2.24, 2.45) is 0 Å². The van der Waals surface area contributed by atoms with Crippen LogP contribution in [0, 0.1) is 6.92 Å². The number of hydrogen-bond acceptors (Lipinski definition) is 6. The van der Waals surface area contributed by atoms with Crippen molar-refractivity contribution in [2.75, 3.05) is 7.11 Å². The molecule has 0 bridgehead atoms. The fourth-order valence-corrected chi connectivity index (χ4v) is 3.66. The summed E-state index contributed by atoms with van der Waals surface area (Å²) in [4.78, 5) is 22.7. The number of hydrogen-bond donors (Lipinski definition) is 1. The van der Waals surface area contributed by atoms with Crippen LogP contribution >= 0.6 is 11.3 Å². The molecule has 0 fully saturated rings. The van der Waals surface area contributed by atoms with Crippen LogP contribution in [0.25, 0.3) is 11.0 Å². The van der Waals surface area contributed by atoms with E-state index in [0.717, 1.165) is 16.6 Å². The van der Waals surface area contributed by atoms with Gasteiger partial charge >= 0.3 is 0 Å². The largest absolute Gasteiger partial charge is 0.481 e. The second kappa shape index (κ2) is 7.77. The maximum absolute atomic E-state index is 12.8. The molecule has 4 aromatic rings. The molecule has 0 saturated carbocycles. The highest BCUT2D eigenvalue weighted by Crippen LogP contribution is 2.20. The minimum absolute atomic E-state index is 0.165. The van der Waals surface area contributed by atoms with Gasteiger partial charge in [-0.2, -0.15) is 5.10 Å². The molecular weight excluding hydrogens is 374 g/mol. The smallest absolute Gasteiger partial charge is 0.252 e. The lowest BCUT2D eigenvalue weighted by molar-refractivity contribution is 0.0952. The molecule has 1 N–H and O–H groups in total. The van der Waals surface area contributed by atoms with Gasteiger partial charge in [-0.25, -0.2) is 14.6 Å². The zero-order chi connectivity index (χ0) is 19.5. The van der Waals surface area contributed by atoms with Crippen molar-refractivity contribution >= 4 is 28.3 Å². The minimum atomic E-state index is -0.165. The average Bonchev–Trinajstić information content (AvgIpc) is 3.36. The Morgan fingerprint density at radius 1 is 1.32 bits per heavy atom. The highest BCUT2D eigenvalue weighted by atomic mass is 32.1. The van der Waals surface area contributed by atoms with Crippen molar-refractivity contribution in [1.29, 1.82) is 0 Å². The number of methoxy groups -OCH3 is 1. The standard InChI is InChI=1S/C20H19N5O2S/c1-13-8-16(20(26)22-10-14-5-6-21-18(9-14)27-2)17-11-23-25(19(17)24-13)12-15-4-3-7-28-15/h3-9,11H,10,12H2,1-2H3,(H,22,26). The molecule has 0 aliphatic carbocycles. The molecule has 1 amide bonds. The number of pyridine rings is 2. The maximum atomic E-state index is 12.8. The molecule has 8 heteroatoms. The minimum Gasteiger partial charge on any atom is -0.481 e. The normalized spacial score (nSPS) is 10.9. The van der Waals surface area contributed by atoms with Crippen LogP contribution in [0.1, 0.15) is 26.5 Å². The number of carbonyl (C=O) groups excluding carboxylic acids is 1. The van der Waals surface area contributed by atoms with Crippen molar-refractivity contribution in [3.05, 3.63) is 69.8 Å². The predicted octanol–water partition coefficient (Wildman–Crippen LogP) is 3.18. The molecule has 0 aromatic carbocycles. The van der Waals surface area contributed by atoms with E-state index in [1.165, 1.54) is 4.88 Å². The van der Waals surface area contributed by atoms with Crippen LogP contribution in [-0.4, -0.2) is 32.8 Å². The number of rotatable bonds is 6. The third kappa shape index (κ3) is 3.72. The van der Waals surface area contributed by atoms with Gasteiger partial charge in [0.1, 0.15) is 0 Å². The molecule has 4 rings (SSSR count). The van der Waals surface area contributed by atoms with Crippen molar-refractivity contribution in [3.8, 4) is 5.88 Å². The molecule has 0 radical (unpaired) electrons. The number of aromatic nitrogens is 4. The van der Waals surface area contributed by atoms with Gasteiger partial charge in [0.2, 0.25) is 5.88 Å². The first kappa shape index (κ1) is 18.1. The van der Waals surface area contributed by atoms with Gasteiger partial charge in [0, 0.05) is 29.4 Å². The van der Waals surface area contributed by atoms with Crippen molar-refractivity contribution in [2.45, 2.75) is 20.0 Å². The topological polar surface area (TPSA) is 81.9 Å². The van der Waals surface area contributed by atoms with Crippen LogP contribution in [0.15, 0.2) is 48.1 Å². The number of nitrogens with zero attached hydrogens (tertiary/aromatic N) is 4. The molecule has 4 heterocycles. The Hall–Kier alpha value is -3.26. The zero-order valence-corrected chi connectivity index (χ0v) is 16.4. The lowest BCUT2D eigenvalue weighted by Gasteiger charge is -2.09. The molecule has 142 valence electrons. The molecule has 0 aliphatic heterocycles. The molecule has 4 aromatic heterocycles. The summed E-state index contributed by atoms with van der Waals surface area (Å²) >= 11 is 1.67. The molecule has 7 nitrogen and oxygen atoms in total. The van der Waals surface area contributed by atoms with Gasteiger partial charge in [-0.15, -0.1) is 11.3 Å². The van der Waals surface area contributed by atoms with Gasteiger partial charge in [-0.05, 0) is 36.1 Å². The van der Waals surface area contributed by atoms with Crippen LogP contribution in [0.4, 0.5) is 0 Å². The van der Waals surface area contributed by atoms with Crippen molar-refractivity contribution in [1.82, 2.24) is 25.1 Å². The summed E-state index contributed by atoms with van der Waals surface area (Å²) in [6.07, 6.45) is 3.36. The summed E-state index contributed by atoms with van der Waals surface area (Å²) < 4.78 is 6.96. The molecule has 0 saturated heterocycles. The Morgan fingerprint density at radius 3 is 3.00 bits per heavy atom. The van der Waals surface area contributed by atoms with Crippen molar-refractivity contribution in [3.63, 3.8) is 0 Å². The van der Waals surface area contributed by atoms with E-state index in [9.17, 15) is 4.79 Å². The Morgan fingerprint density at radius 2 is 2.21 bits per heavy atom. The van der Waals surface area contributed by atoms with Gasteiger partial charge in [0.25, 0.3) is 5.91 Å². The monoisotopic (exact) mass is 393 g/mol. The number of ether oxygens (including phenoxy) is 1. The first-order valence-corrected chi connectivity index (χ1v) is 9.64. The van der Waals surface area contributed by atoms with E-state index < -0.39 is 0 Å². The second-order valence-corrected chi connectivity index (χ2v) is 7.35. The van der Waals surface area contributed by atoms with E-state index in [-0.39, 0.29) is 5.91 Å². The van der Waals surface area contributed by atoms with Crippen LogP contribution in [-0.2, 0) is 13.1 Å². The lowest BCUT2D eigenvalue weighted by atomic mass is 10.1. The van der Waals surface area contributed by atoms with E-state index in [2.05, 4.69) is 26.4 Å². The van der Waals surface area contributed by atoms with Gasteiger partial charge < -0.3 is 10.1 Å². The van der Waals surface area contributed by atoms with Gasteiger partial charge in [-0.3, -0.25) is 4.79 Å². The van der Waals surface area contributed by atoms with Crippen molar-refractivity contribution < 1.29 is 9.53 Å². The number of fused-ring (bicyclic) bond motifs is 1. The fourth-order valence-electron chi connectivity index (χ4n) is 2.98. The Bertz CT molecular complexity index is 1120. The SMILES string of the molecule is COc1cc(CNC(=O)c2cc(C)nc3c2cnn3Cc2cccs2)ccn1. The predicted molar refractivity (Wildman–Crippen MR) is 108 cm³/mol. The third-order valence-electron chi connectivity index (χ3n) is 4.33. The summed E-state index contributed by atoms with van der Waals surface area (Å²) in [5.41, 5.74) is 2.97. The second-order valence-electron chi connectivity index (χ2n) is 6.32. The van der Waals surface area contributed by atoms with Crippen LogP contribution in [0.2, 0.25) is 0 Å². The van der Waals surface area contributed by atoms with E-state index in [1.807, 2.05) is 29.1 Å². The van der Waals surface area contributed by atoms with Crippen LogP contribution < -0.4 is 10.1 Å². The van der Waals surface area contributed by atoms with E-state index in [1.54, 1.807) is 43.0 Å². The highest BCUT2D eigenvalue weighted by Gasteiger charge is 2.16. The molecular formula is C20H19N5O2S. The Balaban J connectivity index is 1.58. The first-order chi connectivity index (χ1) is 13.6. The highest BCUT2D eigenvalue weighted by molar-refractivity contribution is 7.09. The van der Waals surface area contributed by atoms with Gasteiger partial charge in [0.15, 0.2) is 5.65 Å². The summed E-state index contributed by atoms with van der Waals surface area (Å²) in [7, 11) is 1.56. The molecule has 28 heavy (non-hydrogen) atoms. The van der Waals surface area contributed by atoms with E-state index in [4.69, 9.17) is 4.74 Å². The summed E-state index contributed by atoms with van der Waals surface area (Å²) in [6, 6.07) is 9.51. The maximum Gasteiger partial charge on any atom is 0.252 e. The lowest BCUT2D eigenvalue weighted by Crippen LogP contribution is -2.23. The Kier molecular flexibility index (Phi) is 5.03. The summed E-state index contributed by atoms with van der Waals surface area (Å²) in [5.74, 6) is 0.353. The number of carbonyl (C=O) groups is 1. The van der Waals surface area contributed by atoms with E-state index >= 15 is 0 Å². The number of amides is 1. The quantitative estimate of drug-likeness (QED) is 0.544. The number of aryl methyl sites for hydroxylation is 1. The molecule has 0 unspecified atom stereocenters. The fraction of sp³-hybridized carbons (Fsp3) is 0.200. The van der Waals surface area contributed by atoms with Crippen LogP contribution in [0.3, 0.4) is 0 Å². The van der Waals surface area contributed by atoms with Gasteiger partial charge in [-0.1, -0.05) is 6.07 Å². The summed E-state index contributed by atoms with van der Waals surface area (Å²) in [6.45, 7) is 2.89. The number of thiophene rings is 1. The van der Waals surface area contributed by atoms with E-state index in [0.29, 0.717) is 30.2 Å². The third-order valence-corrected chi connectivity index (χ3v) is 5.19. The molecule has 0 atom stereocenters. The molecule has 0 spiro atoms. The summed E-state index contributed by atoms with van der Waals surface area (Å²) in [5, 5.41) is 10.2. The zero-order valence-electron chi connectivity index (χ0n) is 15.5. The van der Waals surface area contributed by atoms with Gasteiger partial charge in [0.05, 0.1) is 30.8 Å². The Labute approximate surface area is 166 Å². The number of nitrogens with one attached hydrogen (secondary N) is 1. The molecule has 0 aliphatic rings.